The molecule has 92 valence electrons. The summed E-state index contributed by atoms with van der Waals surface area (Å²) in [5.41, 5.74) is 0.867. The van der Waals surface area contributed by atoms with Gasteiger partial charge in [-0.15, -0.1) is 0 Å². The van der Waals surface area contributed by atoms with Gasteiger partial charge in [-0.1, -0.05) is 13.8 Å². The smallest absolute Gasteiger partial charge is 0.0944 e. The van der Waals surface area contributed by atoms with Gasteiger partial charge < -0.3 is 10.4 Å². The van der Waals surface area contributed by atoms with Gasteiger partial charge in [-0.05, 0) is 19.3 Å². The third-order valence-corrected chi connectivity index (χ3v) is 2.59. The van der Waals surface area contributed by atoms with E-state index in [1.54, 1.807) is 10.9 Å². The van der Waals surface area contributed by atoms with Crippen molar-refractivity contribution in [1.82, 2.24) is 15.1 Å². The number of nitrogens with one attached hydrogen (secondary N) is 1. The van der Waals surface area contributed by atoms with Crippen LogP contribution in [-0.2, 0) is 7.05 Å². The summed E-state index contributed by atoms with van der Waals surface area (Å²) in [6.07, 6.45) is 4.21. The fraction of sp³-hybridized carbons (Fsp3) is 0.750. The van der Waals surface area contributed by atoms with E-state index in [0.717, 1.165) is 12.0 Å². The molecule has 16 heavy (non-hydrogen) atoms. The molecule has 4 nitrogen and oxygen atoms in total. The quantitative estimate of drug-likeness (QED) is 0.771. The maximum Gasteiger partial charge on any atom is 0.0944 e. The largest absolute Gasteiger partial charge is 0.387 e. The Morgan fingerprint density at radius 1 is 1.44 bits per heavy atom. The summed E-state index contributed by atoms with van der Waals surface area (Å²) >= 11 is 0. The van der Waals surface area contributed by atoms with Crippen LogP contribution in [0.4, 0.5) is 0 Å². The molecule has 1 heterocycles. The van der Waals surface area contributed by atoms with E-state index in [9.17, 15) is 5.11 Å². The maximum absolute atomic E-state index is 9.90. The highest BCUT2D eigenvalue weighted by Gasteiger charge is 2.11. The second kappa shape index (κ2) is 6.01. The molecule has 1 rings (SSSR count). The van der Waals surface area contributed by atoms with Crippen LogP contribution in [0.25, 0.3) is 0 Å². The molecular weight excluding hydrogens is 202 g/mol. The molecule has 2 N–H and O–H groups in total. The third kappa shape index (κ3) is 4.33. The van der Waals surface area contributed by atoms with E-state index >= 15 is 0 Å². The first-order valence-corrected chi connectivity index (χ1v) is 5.89. The molecule has 0 aliphatic rings. The first-order chi connectivity index (χ1) is 7.49. The molecule has 0 amide bonds. The second-order valence-corrected chi connectivity index (χ2v) is 4.90. The second-order valence-electron chi connectivity index (χ2n) is 4.90. The van der Waals surface area contributed by atoms with Crippen molar-refractivity contribution < 1.29 is 5.11 Å². The lowest BCUT2D eigenvalue weighted by atomic mass is 10.0. The molecule has 0 fully saturated rings. The molecule has 0 saturated heterocycles. The van der Waals surface area contributed by atoms with E-state index < -0.39 is 6.10 Å². The van der Waals surface area contributed by atoms with Crippen LogP contribution in [0.2, 0.25) is 0 Å². The predicted octanol–water partition coefficient (Wildman–Crippen LogP) is 1.48. The summed E-state index contributed by atoms with van der Waals surface area (Å²) in [6.45, 7) is 7.14. The number of aromatic nitrogens is 2. The third-order valence-electron chi connectivity index (χ3n) is 2.59. The summed E-state index contributed by atoms with van der Waals surface area (Å²) in [5, 5.41) is 17.3. The first kappa shape index (κ1) is 13.2. The number of aryl methyl sites for hydroxylation is 1. The monoisotopic (exact) mass is 225 g/mol. The highest BCUT2D eigenvalue weighted by molar-refractivity contribution is 5.08. The van der Waals surface area contributed by atoms with Crippen molar-refractivity contribution in [3.8, 4) is 0 Å². The van der Waals surface area contributed by atoms with Crippen molar-refractivity contribution in [1.29, 1.82) is 0 Å². The Labute approximate surface area is 97.7 Å². The van der Waals surface area contributed by atoms with Gasteiger partial charge in [0, 0.05) is 31.4 Å². The van der Waals surface area contributed by atoms with Gasteiger partial charge in [-0.2, -0.15) is 5.10 Å². The minimum absolute atomic E-state index is 0.436. The number of rotatable bonds is 6. The fourth-order valence-corrected chi connectivity index (χ4v) is 1.83. The lowest BCUT2D eigenvalue weighted by Gasteiger charge is -2.18. The molecule has 0 aliphatic carbocycles. The summed E-state index contributed by atoms with van der Waals surface area (Å²) in [6, 6.07) is 0.436. The van der Waals surface area contributed by atoms with E-state index in [2.05, 4.69) is 31.2 Å². The van der Waals surface area contributed by atoms with Crippen LogP contribution < -0.4 is 5.32 Å². The van der Waals surface area contributed by atoms with Crippen molar-refractivity contribution in [3.05, 3.63) is 18.0 Å². The van der Waals surface area contributed by atoms with Gasteiger partial charge in [-0.25, -0.2) is 0 Å². The Balaban J connectivity index is 2.32. The Morgan fingerprint density at radius 3 is 2.62 bits per heavy atom. The van der Waals surface area contributed by atoms with Gasteiger partial charge in [0.2, 0.25) is 0 Å². The summed E-state index contributed by atoms with van der Waals surface area (Å²) < 4.78 is 1.70. The zero-order valence-corrected chi connectivity index (χ0v) is 10.6. The standard InChI is InChI=1S/C12H23N3O/c1-9(2)5-10(3)13-7-12(16)11-6-14-15(4)8-11/h6,8-10,12-13,16H,5,7H2,1-4H3. The van der Waals surface area contributed by atoms with E-state index in [1.807, 2.05) is 13.2 Å². The Hall–Kier alpha value is -0.870. The van der Waals surface area contributed by atoms with Gasteiger partial charge >= 0.3 is 0 Å². The SMILES string of the molecule is CC(C)CC(C)NCC(O)c1cnn(C)c1. The number of aliphatic hydroxyl groups is 1. The highest BCUT2D eigenvalue weighted by Crippen LogP contribution is 2.11. The topological polar surface area (TPSA) is 50.1 Å². The lowest BCUT2D eigenvalue weighted by Crippen LogP contribution is -2.31. The zero-order chi connectivity index (χ0) is 12.1. The number of hydrogen-bond donors (Lipinski definition) is 2. The van der Waals surface area contributed by atoms with Crippen molar-refractivity contribution in [2.45, 2.75) is 39.3 Å². The number of hydrogen-bond acceptors (Lipinski definition) is 3. The molecule has 0 bridgehead atoms. The van der Waals surface area contributed by atoms with Crippen LogP contribution in [0.3, 0.4) is 0 Å². The Bertz CT molecular complexity index is 309. The summed E-state index contributed by atoms with van der Waals surface area (Å²) in [7, 11) is 1.85. The maximum atomic E-state index is 9.90. The van der Waals surface area contributed by atoms with Crippen molar-refractivity contribution in [3.63, 3.8) is 0 Å². The molecule has 2 atom stereocenters. The first-order valence-electron chi connectivity index (χ1n) is 5.89. The molecule has 0 spiro atoms. The van der Waals surface area contributed by atoms with E-state index in [0.29, 0.717) is 18.5 Å². The van der Waals surface area contributed by atoms with Crippen LogP contribution in [0.5, 0.6) is 0 Å². The van der Waals surface area contributed by atoms with Gasteiger partial charge in [0.15, 0.2) is 0 Å². The number of nitrogens with zero attached hydrogens (tertiary/aromatic N) is 2. The van der Waals surface area contributed by atoms with Crippen molar-refractivity contribution in [2.24, 2.45) is 13.0 Å². The fourth-order valence-electron chi connectivity index (χ4n) is 1.83. The van der Waals surface area contributed by atoms with Crippen molar-refractivity contribution >= 4 is 0 Å². The minimum atomic E-state index is -0.469. The molecule has 1 aromatic heterocycles. The molecule has 2 unspecified atom stereocenters. The van der Waals surface area contributed by atoms with E-state index in [-0.39, 0.29) is 0 Å². The number of aliphatic hydroxyl groups excluding tert-OH is 1. The lowest BCUT2D eigenvalue weighted by molar-refractivity contribution is 0.169. The van der Waals surface area contributed by atoms with Crippen molar-refractivity contribution in [2.75, 3.05) is 6.54 Å². The van der Waals surface area contributed by atoms with Crippen LogP contribution in [0.15, 0.2) is 12.4 Å². The minimum Gasteiger partial charge on any atom is -0.387 e. The average Bonchev–Trinajstić information content (AvgIpc) is 2.60. The zero-order valence-electron chi connectivity index (χ0n) is 10.6. The average molecular weight is 225 g/mol. The van der Waals surface area contributed by atoms with Gasteiger partial charge in [0.1, 0.15) is 0 Å². The molecule has 0 radical (unpaired) electrons. The van der Waals surface area contributed by atoms with Gasteiger partial charge in [-0.3, -0.25) is 4.68 Å². The summed E-state index contributed by atoms with van der Waals surface area (Å²) in [5.74, 6) is 0.679. The Morgan fingerprint density at radius 2 is 2.12 bits per heavy atom. The molecule has 1 aromatic rings. The molecule has 0 aliphatic heterocycles. The molecular formula is C12H23N3O. The predicted molar refractivity (Wildman–Crippen MR) is 65.1 cm³/mol. The molecule has 0 saturated carbocycles. The highest BCUT2D eigenvalue weighted by atomic mass is 16.3. The van der Waals surface area contributed by atoms with Crippen LogP contribution >= 0.6 is 0 Å². The molecule has 0 aromatic carbocycles. The van der Waals surface area contributed by atoms with E-state index in [4.69, 9.17) is 0 Å². The molecule has 4 heteroatoms. The Kier molecular flexibility index (Phi) is 4.96. The van der Waals surface area contributed by atoms with E-state index in [1.165, 1.54) is 0 Å². The van der Waals surface area contributed by atoms with Crippen LogP contribution in [0.1, 0.15) is 38.9 Å². The normalized spacial score (nSPS) is 15.4. The van der Waals surface area contributed by atoms with Crippen LogP contribution in [0, 0.1) is 5.92 Å². The summed E-state index contributed by atoms with van der Waals surface area (Å²) in [4.78, 5) is 0. The van der Waals surface area contributed by atoms with Gasteiger partial charge in [0.05, 0.1) is 12.3 Å². The van der Waals surface area contributed by atoms with Gasteiger partial charge in [0.25, 0.3) is 0 Å². The van der Waals surface area contributed by atoms with Crippen LogP contribution in [-0.4, -0.2) is 27.5 Å².